The maximum atomic E-state index is 13.3. The third-order valence-corrected chi connectivity index (χ3v) is 5.33. The van der Waals surface area contributed by atoms with Crippen molar-refractivity contribution in [2.45, 2.75) is 13.0 Å². The van der Waals surface area contributed by atoms with Crippen LogP contribution in [0.4, 0.5) is 15.8 Å². The molecule has 0 spiro atoms. The fourth-order valence-electron chi connectivity index (χ4n) is 3.56. The minimum absolute atomic E-state index is 0.0268. The van der Waals surface area contributed by atoms with Crippen LogP contribution in [-0.4, -0.2) is 22.3 Å². The van der Waals surface area contributed by atoms with E-state index in [1.54, 1.807) is 12.4 Å². The summed E-state index contributed by atoms with van der Waals surface area (Å²) in [6, 6.07) is 12.0. The number of amides is 1. The van der Waals surface area contributed by atoms with Crippen LogP contribution < -0.4 is 10.9 Å². The van der Waals surface area contributed by atoms with E-state index in [0.717, 1.165) is 33.7 Å². The molecule has 0 atom stereocenters. The van der Waals surface area contributed by atoms with Crippen LogP contribution in [0.2, 0.25) is 5.02 Å². The number of hydrogen-bond donors (Lipinski definition) is 2. The molecule has 2 aliphatic heterocycles. The summed E-state index contributed by atoms with van der Waals surface area (Å²) in [5.74, 6) is -0.873. The number of nitrogens with zero attached hydrogens (tertiary/aromatic N) is 3. The molecule has 0 saturated heterocycles. The van der Waals surface area contributed by atoms with Gasteiger partial charge in [0.1, 0.15) is 11.5 Å². The highest BCUT2D eigenvalue weighted by molar-refractivity contribution is 6.41. The molecule has 0 radical (unpaired) electrons. The molecule has 0 fully saturated rings. The van der Waals surface area contributed by atoms with Crippen molar-refractivity contribution in [2.75, 3.05) is 5.43 Å². The molecule has 6 nitrogen and oxygen atoms in total. The first-order valence-corrected chi connectivity index (χ1v) is 9.66. The van der Waals surface area contributed by atoms with Crippen molar-refractivity contribution in [1.29, 1.82) is 0 Å². The average molecular weight is 420 g/mol. The van der Waals surface area contributed by atoms with Crippen molar-refractivity contribution >= 4 is 40.3 Å². The largest absolute Gasteiger partial charge is 0.298 e. The lowest BCUT2D eigenvalue weighted by Crippen LogP contribution is -2.35. The number of rotatable bonds is 4. The molecule has 2 aromatic carbocycles. The van der Waals surface area contributed by atoms with E-state index in [2.05, 4.69) is 31.9 Å². The van der Waals surface area contributed by atoms with Crippen LogP contribution in [0.1, 0.15) is 22.3 Å². The number of fused-ring (bicyclic) bond motifs is 2. The highest BCUT2D eigenvalue weighted by Crippen LogP contribution is 2.34. The van der Waals surface area contributed by atoms with E-state index in [9.17, 15) is 9.18 Å². The Morgan fingerprint density at radius 3 is 2.70 bits per heavy atom. The molecule has 0 unspecified atom stereocenters. The van der Waals surface area contributed by atoms with Crippen LogP contribution in [-0.2, 0) is 17.8 Å². The van der Waals surface area contributed by atoms with Crippen molar-refractivity contribution in [3.63, 3.8) is 0 Å². The number of carbonyl (C=O) groups is 1. The van der Waals surface area contributed by atoms with Crippen LogP contribution in [0.3, 0.4) is 0 Å². The molecule has 2 N–H and O–H groups in total. The summed E-state index contributed by atoms with van der Waals surface area (Å²) >= 11 is 5.76. The summed E-state index contributed by atoms with van der Waals surface area (Å²) in [6.07, 6.45) is 3.92. The molecule has 0 aliphatic carbocycles. The van der Waals surface area contributed by atoms with Crippen LogP contribution >= 0.6 is 11.6 Å². The monoisotopic (exact) mass is 419 g/mol. The Morgan fingerprint density at radius 1 is 1.07 bits per heavy atom. The highest BCUT2D eigenvalue weighted by Gasteiger charge is 2.25. The van der Waals surface area contributed by atoms with Crippen LogP contribution in [0, 0.1) is 5.82 Å². The van der Waals surface area contributed by atoms with E-state index in [1.165, 1.54) is 18.2 Å². The third kappa shape index (κ3) is 3.33. The van der Waals surface area contributed by atoms with E-state index in [1.807, 2.05) is 18.2 Å². The standard InChI is InChI=1S/C22H15ClFN5O/c23-17-9-15(1-2-18(17)24)28-29-22(30)20-8-13-7-14-11-26-21(12-3-5-25-6-4-12)16(14)10-19(13)27-20/h1-7,9-10,28H,8,11H2,(H,29,30). The molecule has 1 aromatic heterocycles. The summed E-state index contributed by atoms with van der Waals surface area (Å²) < 4.78 is 13.3. The van der Waals surface area contributed by atoms with E-state index in [0.29, 0.717) is 24.4 Å². The second-order valence-electron chi connectivity index (χ2n) is 6.98. The number of aromatic nitrogens is 1. The minimum Gasteiger partial charge on any atom is -0.298 e. The van der Waals surface area contributed by atoms with Gasteiger partial charge in [-0.3, -0.25) is 25.6 Å². The smallest absolute Gasteiger partial charge is 0.284 e. The fourth-order valence-corrected chi connectivity index (χ4v) is 3.74. The second kappa shape index (κ2) is 7.35. The number of hydrazine groups is 1. The van der Waals surface area contributed by atoms with Gasteiger partial charge in [-0.1, -0.05) is 17.7 Å². The minimum atomic E-state index is -0.521. The van der Waals surface area contributed by atoms with Gasteiger partial charge < -0.3 is 0 Å². The van der Waals surface area contributed by atoms with E-state index in [-0.39, 0.29) is 10.9 Å². The maximum absolute atomic E-state index is 13.3. The molecular formula is C22H15ClFN5O. The van der Waals surface area contributed by atoms with Crippen LogP contribution in [0.5, 0.6) is 0 Å². The summed E-state index contributed by atoms with van der Waals surface area (Å²) in [5.41, 5.74) is 12.0. The van der Waals surface area contributed by atoms with E-state index >= 15 is 0 Å². The molecule has 1 amide bonds. The molecule has 0 bridgehead atoms. The topological polar surface area (TPSA) is 78.7 Å². The van der Waals surface area contributed by atoms with Gasteiger partial charge in [-0.2, -0.15) is 0 Å². The van der Waals surface area contributed by atoms with Gasteiger partial charge in [-0.25, -0.2) is 9.38 Å². The van der Waals surface area contributed by atoms with Crippen LogP contribution in [0.25, 0.3) is 0 Å². The maximum Gasteiger partial charge on any atom is 0.284 e. The Kier molecular flexibility index (Phi) is 4.52. The van der Waals surface area contributed by atoms with Gasteiger partial charge in [-0.05, 0) is 47.5 Å². The lowest BCUT2D eigenvalue weighted by Gasteiger charge is -2.08. The van der Waals surface area contributed by atoms with Gasteiger partial charge in [0.05, 0.1) is 28.7 Å². The summed E-state index contributed by atoms with van der Waals surface area (Å²) in [7, 11) is 0. The normalized spacial score (nSPS) is 13.9. The van der Waals surface area contributed by atoms with Crippen molar-refractivity contribution in [3.05, 3.63) is 88.0 Å². The Hall–Kier alpha value is -3.58. The molecule has 3 aromatic rings. The first-order valence-electron chi connectivity index (χ1n) is 9.28. The molecule has 3 heterocycles. The molecular weight excluding hydrogens is 405 g/mol. The zero-order valence-electron chi connectivity index (χ0n) is 15.6. The highest BCUT2D eigenvalue weighted by atomic mass is 35.5. The van der Waals surface area contributed by atoms with E-state index < -0.39 is 5.82 Å². The van der Waals surface area contributed by atoms with Gasteiger partial charge >= 0.3 is 0 Å². The zero-order valence-corrected chi connectivity index (χ0v) is 16.4. The first-order chi connectivity index (χ1) is 14.6. The van der Waals surface area contributed by atoms with Crippen molar-refractivity contribution in [2.24, 2.45) is 9.98 Å². The van der Waals surface area contributed by atoms with Crippen molar-refractivity contribution in [1.82, 2.24) is 10.4 Å². The number of pyridine rings is 1. The van der Waals surface area contributed by atoms with Crippen molar-refractivity contribution in [3.8, 4) is 0 Å². The summed E-state index contributed by atoms with van der Waals surface area (Å²) in [6.45, 7) is 0.606. The predicted octanol–water partition coefficient (Wildman–Crippen LogP) is 4.00. The lowest BCUT2D eigenvalue weighted by molar-refractivity contribution is -0.114. The van der Waals surface area contributed by atoms with Gasteiger partial charge in [0, 0.05) is 29.9 Å². The molecule has 5 rings (SSSR count). The number of aliphatic imine (C=N–C) groups is 2. The lowest BCUT2D eigenvalue weighted by atomic mass is 9.97. The van der Waals surface area contributed by atoms with Crippen molar-refractivity contribution < 1.29 is 9.18 Å². The molecule has 148 valence electrons. The summed E-state index contributed by atoms with van der Waals surface area (Å²) in [4.78, 5) is 25.8. The third-order valence-electron chi connectivity index (χ3n) is 5.04. The Bertz CT molecular complexity index is 1240. The first kappa shape index (κ1) is 18.4. The number of anilines is 1. The molecule has 30 heavy (non-hydrogen) atoms. The number of nitrogens with one attached hydrogen (secondary N) is 2. The fraction of sp³-hybridized carbons (Fsp3) is 0.0909. The van der Waals surface area contributed by atoms with Gasteiger partial charge in [0.25, 0.3) is 5.91 Å². The molecule has 2 aliphatic rings. The van der Waals surface area contributed by atoms with Gasteiger partial charge in [-0.15, -0.1) is 0 Å². The Balaban J connectivity index is 1.33. The summed E-state index contributed by atoms with van der Waals surface area (Å²) in [5, 5.41) is -0.0268. The Labute approximate surface area is 176 Å². The molecule has 8 heteroatoms. The van der Waals surface area contributed by atoms with Gasteiger partial charge in [0.15, 0.2) is 0 Å². The number of hydrogen-bond acceptors (Lipinski definition) is 5. The SMILES string of the molecule is O=C(NNc1ccc(F)c(Cl)c1)C1=Nc2cc3c(cc2C1)CN=C3c1ccncc1. The second-order valence-corrected chi connectivity index (χ2v) is 7.39. The van der Waals surface area contributed by atoms with Gasteiger partial charge in [0.2, 0.25) is 0 Å². The average Bonchev–Trinajstić information content (AvgIpc) is 3.36. The number of benzene rings is 2. The van der Waals surface area contributed by atoms with Crippen LogP contribution in [0.15, 0.2) is 64.8 Å². The van der Waals surface area contributed by atoms with E-state index in [4.69, 9.17) is 11.6 Å². The number of halogens is 2. The molecule has 0 saturated carbocycles. The number of carbonyl (C=O) groups excluding carboxylic acids is 1. The quantitative estimate of drug-likeness (QED) is 0.627. The Morgan fingerprint density at radius 2 is 1.90 bits per heavy atom. The zero-order chi connectivity index (χ0) is 20.7. The predicted molar refractivity (Wildman–Crippen MR) is 114 cm³/mol.